The second kappa shape index (κ2) is 10.5. The minimum atomic E-state index is -1.08. The van der Waals surface area contributed by atoms with E-state index in [1.54, 1.807) is 17.0 Å². The van der Waals surface area contributed by atoms with Crippen LogP contribution in [0.15, 0.2) is 48.7 Å². The molecule has 1 aliphatic heterocycles. The van der Waals surface area contributed by atoms with Crippen molar-refractivity contribution in [1.82, 2.24) is 14.8 Å². The minimum absolute atomic E-state index is 0.185. The van der Waals surface area contributed by atoms with Crippen LogP contribution < -0.4 is 5.32 Å². The molecule has 2 heterocycles. The number of carbonyl (C=O) groups is 3. The number of rotatable bonds is 6. The SMILES string of the molecule is Cn1ccc2cc(-c3ccc(Cl)c(Cl)c3/C=C/C(=O)N3CCC(C(=O)NCC(=O)O)CC3)ccc21. The Morgan fingerprint density at radius 3 is 2.57 bits per heavy atom. The topological polar surface area (TPSA) is 91.6 Å². The predicted octanol–water partition coefficient (Wildman–Crippen LogP) is 4.60. The van der Waals surface area contributed by atoms with E-state index in [0.29, 0.717) is 41.5 Å². The summed E-state index contributed by atoms with van der Waals surface area (Å²) in [6.45, 7) is 0.422. The molecule has 1 saturated heterocycles. The Morgan fingerprint density at radius 2 is 1.86 bits per heavy atom. The molecule has 2 N–H and O–H groups in total. The number of carboxylic acids is 1. The quantitative estimate of drug-likeness (QED) is 0.471. The van der Waals surface area contributed by atoms with Crippen LogP contribution in [0.5, 0.6) is 0 Å². The summed E-state index contributed by atoms with van der Waals surface area (Å²) < 4.78 is 2.05. The zero-order chi connectivity index (χ0) is 25.1. The van der Waals surface area contributed by atoms with Crippen molar-refractivity contribution in [1.29, 1.82) is 0 Å². The van der Waals surface area contributed by atoms with Gasteiger partial charge in [-0.2, -0.15) is 0 Å². The van der Waals surface area contributed by atoms with Crippen LogP contribution in [0, 0.1) is 5.92 Å². The molecule has 3 aromatic rings. The standard InChI is InChI=1S/C26H25Cl2N3O4/c1-30-11-8-18-14-17(2-6-22(18)30)19-3-5-21(27)25(28)20(19)4-7-23(32)31-12-9-16(10-13-31)26(35)29-15-24(33)34/h2-8,11,14,16H,9-10,12-13,15H2,1H3,(H,29,35)(H,33,34)/b7-4+. The lowest BCUT2D eigenvalue weighted by atomic mass is 9.95. The highest BCUT2D eigenvalue weighted by Gasteiger charge is 2.26. The van der Waals surface area contributed by atoms with Crippen molar-refractivity contribution in [2.75, 3.05) is 19.6 Å². The van der Waals surface area contributed by atoms with Gasteiger partial charge in [0.2, 0.25) is 11.8 Å². The first-order valence-corrected chi connectivity index (χ1v) is 12.0. The highest BCUT2D eigenvalue weighted by Crippen LogP contribution is 2.36. The van der Waals surface area contributed by atoms with Gasteiger partial charge in [0.1, 0.15) is 6.54 Å². The Labute approximate surface area is 212 Å². The number of hydrogen-bond donors (Lipinski definition) is 2. The maximum Gasteiger partial charge on any atom is 0.322 e. The number of benzene rings is 2. The highest BCUT2D eigenvalue weighted by molar-refractivity contribution is 6.43. The molecule has 9 heteroatoms. The fourth-order valence-electron chi connectivity index (χ4n) is 4.36. The maximum absolute atomic E-state index is 12.9. The minimum Gasteiger partial charge on any atom is -0.480 e. The van der Waals surface area contributed by atoms with Gasteiger partial charge in [0.25, 0.3) is 0 Å². The summed E-state index contributed by atoms with van der Waals surface area (Å²) >= 11 is 12.8. The molecule has 0 unspecified atom stereocenters. The normalized spacial score (nSPS) is 14.5. The third-order valence-corrected chi connectivity index (χ3v) is 7.13. The summed E-state index contributed by atoms with van der Waals surface area (Å²) in [5, 5.41) is 13.0. The molecule has 182 valence electrons. The molecule has 7 nitrogen and oxygen atoms in total. The van der Waals surface area contributed by atoms with Crippen molar-refractivity contribution >= 4 is 58.0 Å². The van der Waals surface area contributed by atoms with Gasteiger partial charge < -0.3 is 19.9 Å². The van der Waals surface area contributed by atoms with Gasteiger partial charge in [-0.05, 0) is 54.3 Å². The van der Waals surface area contributed by atoms with E-state index in [4.69, 9.17) is 28.3 Å². The Morgan fingerprint density at radius 1 is 1.11 bits per heavy atom. The molecule has 2 amide bonds. The second-order valence-electron chi connectivity index (χ2n) is 8.57. The number of halogens is 2. The Kier molecular flexibility index (Phi) is 7.48. The number of carbonyl (C=O) groups excluding carboxylic acids is 2. The average molecular weight is 514 g/mol. The van der Waals surface area contributed by atoms with Crippen molar-refractivity contribution in [2.24, 2.45) is 13.0 Å². The van der Waals surface area contributed by atoms with Crippen LogP contribution in [-0.4, -0.2) is 52.0 Å². The number of piperidine rings is 1. The molecule has 0 atom stereocenters. The number of aromatic nitrogens is 1. The highest BCUT2D eigenvalue weighted by atomic mass is 35.5. The summed E-state index contributed by atoms with van der Waals surface area (Å²) in [4.78, 5) is 37.3. The molecule has 0 radical (unpaired) electrons. The third-order valence-electron chi connectivity index (χ3n) is 6.31. The van der Waals surface area contributed by atoms with Gasteiger partial charge in [-0.15, -0.1) is 0 Å². The van der Waals surface area contributed by atoms with Crippen LogP contribution in [0.3, 0.4) is 0 Å². The lowest BCUT2D eigenvalue weighted by Gasteiger charge is -2.30. The zero-order valence-electron chi connectivity index (χ0n) is 19.1. The van der Waals surface area contributed by atoms with Crippen LogP contribution in [0.1, 0.15) is 18.4 Å². The van der Waals surface area contributed by atoms with Crippen LogP contribution in [-0.2, 0) is 21.4 Å². The molecule has 1 aliphatic rings. The van der Waals surface area contributed by atoms with Crippen LogP contribution in [0.4, 0.5) is 0 Å². The number of likely N-dealkylation sites (tertiary alicyclic amines) is 1. The molecular formula is C26H25Cl2N3O4. The van der Waals surface area contributed by atoms with Crippen LogP contribution >= 0.6 is 23.2 Å². The van der Waals surface area contributed by atoms with Gasteiger partial charge in [-0.25, -0.2) is 0 Å². The van der Waals surface area contributed by atoms with E-state index >= 15 is 0 Å². The number of amides is 2. The van der Waals surface area contributed by atoms with Gasteiger partial charge in [0.15, 0.2) is 0 Å². The van der Waals surface area contributed by atoms with E-state index in [0.717, 1.165) is 22.0 Å². The Balaban J connectivity index is 1.50. The zero-order valence-corrected chi connectivity index (χ0v) is 20.6. The summed E-state index contributed by atoms with van der Waals surface area (Å²) in [6.07, 6.45) is 6.12. The summed E-state index contributed by atoms with van der Waals surface area (Å²) in [5.41, 5.74) is 3.59. The number of aryl methyl sites for hydroxylation is 1. The monoisotopic (exact) mass is 513 g/mol. The van der Waals surface area contributed by atoms with E-state index < -0.39 is 12.5 Å². The molecule has 0 bridgehead atoms. The van der Waals surface area contributed by atoms with Crippen molar-refractivity contribution in [2.45, 2.75) is 12.8 Å². The Bertz CT molecular complexity index is 1320. The number of nitrogens with zero attached hydrogens (tertiary/aromatic N) is 2. The van der Waals surface area contributed by atoms with Gasteiger partial charge in [-0.1, -0.05) is 35.3 Å². The first kappa shape index (κ1) is 24.8. The number of fused-ring (bicyclic) bond motifs is 1. The molecule has 0 saturated carbocycles. The summed E-state index contributed by atoms with van der Waals surface area (Å²) in [7, 11) is 1.99. The largest absolute Gasteiger partial charge is 0.480 e. The maximum atomic E-state index is 12.9. The van der Waals surface area contributed by atoms with E-state index in [1.165, 1.54) is 6.08 Å². The lowest BCUT2D eigenvalue weighted by molar-refractivity contribution is -0.139. The second-order valence-corrected chi connectivity index (χ2v) is 9.35. The van der Waals surface area contributed by atoms with E-state index in [1.807, 2.05) is 42.1 Å². The first-order valence-electron chi connectivity index (χ1n) is 11.2. The number of carboxylic acid groups (broad SMARTS) is 1. The third kappa shape index (κ3) is 5.52. The van der Waals surface area contributed by atoms with Crippen molar-refractivity contribution in [3.05, 3.63) is 64.3 Å². The van der Waals surface area contributed by atoms with Crippen LogP contribution in [0.25, 0.3) is 28.1 Å². The number of aliphatic carboxylic acids is 1. The predicted molar refractivity (Wildman–Crippen MR) is 137 cm³/mol. The van der Waals surface area contributed by atoms with Gasteiger partial charge >= 0.3 is 5.97 Å². The molecule has 1 fully saturated rings. The van der Waals surface area contributed by atoms with E-state index in [-0.39, 0.29) is 17.7 Å². The molecular weight excluding hydrogens is 489 g/mol. The number of nitrogens with one attached hydrogen (secondary N) is 1. The fraction of sp³-hybridized carbons (Fsp3) is 0.269. The van der Waals surface area contributed by atoms with Crippen molar-refractivity contribution in [3.8, 4) is 11.1 Å². The van der Waals surface area contributed by atoms with Crippen molar-refractivity contribution in [3.63, 3.8) is 0 Å². The van der Waals surface area contributed by atoms with Gasteiger partial charge in [-0.3, -0.25) is 14.4 Å². The molecule has 1 aromatic heterocycles. The first-order chi connectivity index (χ1) is 16.7. The molecule has 4 rings (SSSR count). The van der Waals surface area contributed by atoms with E-state index in [9.17, 15) is 14.4 Å². The molecule has 2 aromatic carbocycles. The summed E-state index contributed by atoms with van der Waals surface area (Å²) in [5.74, 6) is -1.86. The van der Waals surface area contributed by atoms with Gasteiger partial charge in [0, 0.05) is 54.8 Å². The fourth-order valence-corrected chi connectivity index (χ4v) is 4.75. The summed E-state index contributed by atoms with van der Waals surface area (Å²) in [6, 6.07) is 11.8. The number of hydrogen-bond acceptors (Lipinski definition) is 3. The average Bonchev–Trinajstić information content (AvgIpc) is 3.23. The van der Waals surface area contributed by atoms with Gasteiger partial charge in [0.05, 0.1) is 10.0 Å². The van der Waals surface area contributed by atoms with E-state index in [2.05, 4.69) is 11.4 Å². The lowest BCUT2D eigenvalue weighted by Crippen LogP contribution is -2.43. The smallest absolute Gasteiger partial charge is 0.322 e. The Hall–Kier alpha value is -3.29. The van der Waals surface area contributed by atoms with Crippen molar-refractivity contribution < 1.29 is 19.5 Å². The van der Waals surface area contributed by atoms with Crippen LogP contribution in [0.2, 0.25) is 10.0 Å². The molecule has 35 heavy (non-hydrogen) atoms. The molecule has 0 spiro atoms. The molecule has 0 aliphatic carbocycles.